The third-order valence-electron chi connectivity index (χ3n) is 7.79. The fourth-order valence-electron chi connectivity index (χ4n) is 5.60. The Kier molecular flexibility index (Phi) is 8.31. The molecule has 0 aliphatic carbocycles. The molecule has 0 radical (unpaired) electrons. The molecule has 0 N–H and O–H groups in total. The van der Waals surface area contributed by atoms with E-state index in [0.717, 1.165) is 36.2 Å². The summed E-state index contributed by atoms with van der Waals surface area (Å²) in [4.78, 5) is 27.7. The van der Waals surface area contributed by atoms with Crippen molar-refractivity contribution in [1.29, 1.82) is 5.26 Å². The molecule has 1 amide bonds. The number of piperazine rings is 1. The van der Waals surface area contributed by atoms with E-state index in [1.165, 1.54) is 4.90 Å². The molecule has 4 heterocycles. The summed E-state index contributed by atoms with van der Waals surface area (Å²) in [6.45, 7) is 5.90. The molecule has 3 aliphatic rings. The summed E-state index contributed by atoms with van der Waals surface area (Å²) in [7, 11) is 2.09. The van der Waals surface area contributed by atoms with Crippen LogP contribution in [-0.2, 0) is 22.6 Å². The van der Waals surface area contributed by atoms with Crippen LogP contribution in [0.3, 0.4) is 0 Å². The van der Waals surface area contributed by atoms with Crippen molar-refractivity contribution in [2.75, 3.05) is 44.7 Å². The SMILES string of the molecule is C=C(F)C(=O)N1CCN(c2nc(OC[C@@H]3CCCN3C)nc3c2COC(c2ccccc2Cl)C3)C[C@@H]1CC#N. The first-order valence-corrected chi connectivity index (χ1v) is 13.6. The monoisotopic (exact) mass is 554 g/mol. The lowest BCUT2D eigenvalue weighted by Gasteiger charge is -2.42. The number of likely N-dealkylation sites (N-methyl/N-ethyl adjacent to an activating group) is 1. The average Bonchev–Trinajstić information content (AvgIpc) is 3.35. The average molecular weight is 555 g/mol. The van der Waals surface area contributed by atoms with Gasteiger partial charge in [-0.2, -0.15) is 15.2 Å². The fourth-order valence-corrected chi connectivity index (χ4v) is 5.86. The van der Waals surface area contributed by atoms with Crippen LogP contribution in [-0.4, -0.2) is 77.6 Å². The second kappa shape index (κ2) is 11.9. The van der Waals surface area contributed by atoms with Gasteiger partial charge in [0.2, 0.25) is 0 Å². The minimum Gasteiger partial charge on any atom is -0.462 e. The van der Waals surface area contributed by atoms with Gasteiger partial charge in [0.05, 0.1) is 36.9 Å². The predicted octanol–water partition coefficient (Wildman–Crippen LogP) is 3.83. The number of carbonyl (C=O) groups is 1. The van der Waals surface area contributed by atoms with E-state index in [-0.39, 0.29) is 31.7 Å². The molecular weight excluding hydrogens is 523 g/mol. The number of rotatable bonds is 7. The number of carbonyl (C=O) groups excluding carboxylic acids is 1. The summed E-state index contributed by atoms with van der Waals surface area (Å²) in [5, 5.41) is 10.0. The molecule has 0 saturated carbocycles. The van der Waals surface area contributed by atoms with Gasteiger partial charge in [-0.25, -0.2) is 4.39 Å². The maximum Gasteiger partial charge on any atom is 0.318 e. The van der Waals surface area contributed by atoms with Crippen LogP contribution in [0, 0.1) is 11.3 Å². The van der Waals surface area contributed by atoms with Crippen molar-refractivity contribution in [3.05, 3.63) is 58.5 Å². The number of halogens is 2. The second-order valence-electron chi connectivity index (χ2n) is 10.2. The van der Waals surface area contributed by atoms with Gasteiger partial charge in [-0.05, 0) is 38.1 Å². The number of likely N-dealkylation sites (tertiary alicyclic amines) is 1. The highest BCUT2D eigenvalue weighted by Crippen LogP contribution is 2.37. The van der Waals surface area contributed by atoms with E-state index in [9.17, 15) is 14.4 Å². The maximum atomic E-state index is 13.7. The van der Waals surface area contributed by atoms with Crippen molar-refractivity contribution in [3.63, 3.8) is 0 Å². The maximum absolute atomic E-state index is 13.7. The van der Waals surface area contributed by atoms with Crippen molar-refractivity contribution in [3.8, 4) is 12.1 Å². The molecule has 11 heteroatoms. The first-order chi connectivity index (χ1) is 18.9. The van der Waals surface area contributed by atoms with Crippen LogP contribution in [0.1, 0.15) is 42.2 Å². The van der Waals surface area contributed by atoms with Gasteiger partial charge in [-0.1, -0.05) is 36.4 Å². The van der Waals surface area contributed by atoms with E-state index >= 15 is 0 Å². The van der Waals surface area contributed by atoms with Crippen LogP contribution in [0.4, 0.5) is 10.2 Å². The Labute approximate surface area is 232 Å². The lowest BCUT2D eigenvalue weighted by molar-refractivity contribution is -0.131. The Hall–Kier alpha value is -3.26. The lowest BCUT2D eigenvalue weighted by atomic mass is 9.98. The number of anilines is 1. The summed E-state index contributed by atoms with van der Waals surface area (Å²) in [6.07, 6.45) is 2.48. The Morgan fingerprint density at radius 3 is 2.82 bits per heavy atom. The number of nitrogens with zero attached hydrogens (tertiary/aromatic N) is 6. The highest BCUT2D eigenvalue weighted by Gasteiger charge is 2.35. The molecule has 39 heavy (non-hydrogen) atoms. The largest absolute Gasteiger partial charge is 0.462 e. The molecule has 2 fully saturated rings. The first-order valence-electron chi connectivity index (χ1n) is 13.2. The minimum atomic E-state index is -1.03. The molecule has 2 aromatic rings. The summed E-state index contributed by atoms with van der Waals surface area (Å²) in [6, 6.07) is 9.81. The molecule has 5 rings (SSSR count). The zero-order chi connectivity index (χ0) is 27.5. The molecule has 0 spiro atoms. The molecule has 1 unspecified atom stereocenters. The van der Waals surface area contributed by atoms with Crippen LogP contribution < -0.4 is 9.64 Å². The van der Waals surface area contributed by atoms with Crippen LogP contribution >= 0.6 is 11.6 Å². The van der Waals surface area contributed by atoms with Crippen LogP contribution in [0.2, 0.25) is 5.02 Å². The topological polar surface area (TPSA) is 94.8 Å². The standard InChI is InChI=1S/C28H32ClFN6O3/c1-18(30)27(37)36-13-12-35(15-19(36)9-10-31)26-22-17-38-25(21-7-3-4-8-23(21)29)14-24(22)32-28(33-26)39-16-20-6-5-11-34(20)2/h3-4,7-8,19-20,25H,1,5-6,9,11-17H2,2H3/t19-,20-,25?/m0/s1. The highest BCUT2D eigenvalue weighted by atomic mass is 35.5. The first kappa shape index (κ1) is 27.3. The molecule has 1 aromatic carbocycles. The van der Waals surface area contributed by atoms with Gasteiger partial charge in [-0.15, -0.1) is 0 Å². The Balaban J connectivity index is 1.45. The van der Waals surface area contributed by atoms with Crippen LogP contribution in [0.5, 0.6) is 6.01 Å². The van der Waals surface area contributed by atoms with Crippen molar-refractivity contribution in [1.82, 2.24) is 19.8 Å². The number of hydrogen-bond acceptors (Lipinski definition) is 8. The zero-order valence-corrected chi connectivity index (χ0v) is 22.7. The van der Waals surface area contributed by atoms with E-state index in [1.807, 2.05) is 29.2 Å². The van der Waals surface area contributed by atoms with E-state index in [4.69, 9.17) is 31.0 Å². The van der Waals surface area contributed by atoms with E-state index in [0.29, 0.717) is 43.0 Å². The van der Waals surface area contributed by atoms with Gasteiger partial charge in [0.25, 0.3) is 5.91 Å². The molecule has 9 nitrogen and oxygen atoms in total. The number of ether oxygens (including phenoxy) is 2. The van der Waals surface area contributed by atoms with Crippen molar-refractivity contribution in [2.24, 2.45) is 0 Å². The van der Waals surface area contributed by atoms with Gasteiger partial charge >= 0.3 is 6.01 Å². The number of aromatic nitrogens is 2. The molecule has 206 valence electrons. The Morgan fingerprint density at radius 1 is 1.28 bits per heavy atom. The number of fused-ring (bicyclic) bond motifs is 1. The zero-order valence-electron chi connectivity index (χ0n) is 22.0. The Bertz CT molecular complexity index is 1290. The normalized spacial score (nSPS) is 23.3. The molecule has 2 saturated heterocycles. The van der Waals surface area contributed by atoms with Crippen LogP contribution in [0.25, 0.3) is 0 Å². The quantitative estimate of drug-likeness (QED) is 0.477. The number of nitriles is 1. The van der Waals surface area contributed by atoms with Crippen LogP contribution in [0.15, 0.2) is 36.7 Å². The summed E-state index contributed by atoms with van der Waals surface area (Å²) in [5.41, 5.74) is 2.56. The van der Waals surface area contributed by atoms with Gasteiger partial charge in [-0.3, -0.25) is 4.79 Å². The molecule has 3 aliphatic heterocycles. The molecule has 3 atom stereocenters. The van der Waals surface area contributed by atoms with E-state index < -0.39 is 17.8 Å². The van der Waals surface area contributed by atoms with E-state index in [1.54, 1.807) is 0 Å². The summed E-state index contributed by atoms with van der Waals surface area (Å²) >= 11 is 6.47. The van der Waals surface area contributed by atoms with Gasteiger partial charge in [0.15, 0.2) is 5.83 Å². The Morgan fingerprint density at radius 2 is 2.10 bits per heavy atom. The third kappa shape index (κ3) is 5.86. The second-order valence-corrected chi connectivity index (χ2v) is 10.6. The number of benzene rings is 1. The number of amides is 1. The predicted molar refractivity (Wildman–Crippen MR) is 144 cm³/mol. The summed E-state index contributed by atoms with van der Waals surface area (Å²) in [5.74, 6) is -1.16. The van der Waals surface area contributed by atoms with Crippen molar-refractivity contribution < 1.29 is 18.7 Å². The molecule has 1 aromatic heterocycles. The fraction of sp³-hybridized carbons (Fsp3) is 0.500. The van der Waals surface area contributed by atoms with Crippen molar-refractivity contribution in [2.45, 2.75) is 50.5 Å². The minimum absolute atomic E-state index is 0.0608. The number of hydrogen-bond donors (Lipinski definition) is 0. The van der Waals surface area contributed by atoms with Gasteiger partial charge in [0, 0.05) is 42.7 Å². The highest BCUT2D eigenvalue weighted by molar-refractivity contribution is 6.31. The summed E-state index contributed by atoms with van der Waals surface area (Å²) < 4.78 is 26.1. The van der Waals surface area contributed by atoms with E-state index in [2.05, 4.69) is 24.6 Å². The molecular formula is C28H32ClFN6O3. The van der Waals surface area contributed by atoms with Crippen molar-refractivity contribution >= 4 is 23.3 Å². The molecule has 0 bridgehead atoms. The third-order valence-corrected chi connectivity index (χ3v) is 8.13. The smallest absolute Gasteiger partial charge is 0.318 e. The van der Waals surface area contributed by atoms with Gasteiger partial charge < -0.3 is 24.2 Å². The van der Waals surface area contributed by atoms with Gasteiger partial charge in [0.1, 0.15) is 12.4 Å². The lowest BCUT2D eigenvalue weighted by Crippen LogP contribution is -2.55.